The Hall–Kier alpha value is -3.73. The van der Waals surface area contributed by atoms with E-state index in [4.69, 9.17) is 21.6 Å². The van der Waals surface area contributed by atoms with Gasteiger partial charge in [-0.1, -0.05) is 126 Å². The standard InChI is InChI=1S/C35H32ClN3S/c1-25-12-14-29(15-13-25)33(39-22-20-27(21-23-39)24-26-8-4-2-5-9-26)38-35-32(28-10-6-3-7-11-28)37-34(40-35)30-16-18-31(36)19-17-30/h2-19,27H,20-24H2,1H3/b38-33-. The van der Waals surface area contributed by atoms with Crippen LogP contribution in [0.4, 0.5) is 5.00 Å². The van der Waals surface area contributed by atoms with E-state index in [-0.39, 0.29) is 0 Å². The maximum absolute atomic E-state index is 6.18. The Bertz CT molecular complexity index is 1570. The summed E-state index contributed by atoms with van der Waals surface area (Å²) < 4.78 is 0. The van der Waals surface area contributed by atoms with Gasteiger partial charge < -0.3 is 4.90 Å². The molecule has 0 amide bonds. The van der Waals surface area contributed by atoms with Crippen LogP contribution in [0.1, 0.15) is 29.5 Å². The van der Waals surface area contributed by atoms with Crippen molar-refractivity contribution in [3.63, 3.8) is 0 Å². The van der Waals surface area contributed by atoms with E-state index in [1.54, 1.807) is 11.3 Å². The molecule has 0 saturated carbocycles. The fourth-order valence-corrected chi connectivity index (χ4v) is 6.39. The monoisotopic (exact) mass is 561 g/mol. The van der Waals surface area contributed by atoms with Crippen LogP contribution in [0.2, 0.25) is 5.02 Å². The number of rotatable bonds is 6. The second-order valence-electron chi connectivity index (χ2n) is 10.5. The van der Waals surface area contributed by atoms with Crippen molar-refractivity contribution in [2.75, 3.05) is 13.1 Å². The van der Waals surface area contributed by atoms with Crippen LogP contribution in [0.25, 0.3) is 21.8 Å². The van der Waals surface area contributed by atoms with E-state index in [9.17, 15) is 0 Å². The zero-order chi connectivity index (χ0) is 27.3. The maximum Gasteiger partial charge on any atom is 0.146 e. The lowest BCUT2D eigenvalue weighted by molar-refractivity contribution is 0.265. The van der Waals surface area contributed by atoms with Crippen LogP contribution >= 0.6 is 22.9 Å². The highest BCUT2D eigenvalue weighted by Gasteiger charge is 2.24. The van der Waals surface area contributed by atoms with Crippen LogP contribution in [-0.2, 0) is 6.42 Å². The molecular formula is C35H32ClN3S. The topological polar surface area (TPSA) is 28.5 Å². The number of likely N-dealkylation sites (tertiary alicyclic amines) is 1. The Labute approximate surface area is 245 Å². The fraction of sp³-hybridized carbons (Fsp3) is 0.200. The number of halogens is 1. The molecule has 0 N–H and O–H groups in total. The van der Waals surface area contributed by atoms with Crippen molar-refractivity contribution in [3.05, 3.63) is 131 Å². The summed E-state index contributed by atoms with van der Waals surface area (Å²) in [4.78, 5) is 13.0. The molecule has 0 unspecified atom stereocenters. The van der Waals surface area contributed by atoms with Gasteiger partial charge in [0.25, 0.3) is 0 Å². The van der Waals surface area contributed by atoms with Crippen molar-refractivity contribution in [3.8, 4) is 21.8 Å². The summed E-state index contributed by atoms with van der Waals surface area (Å²) in [6.45, 7) is 4.12. The Kier molecular flexibility index (Phi) is 8.08. The molecule has 0 radical (unpaired) electrons. The molecule has 1 aliphatic heterocycles. The molecule has 4 aromatic carbocycles. The average molecular weight is 562 g/mol. The number of benzene rings is 4. The van der Waals surface area contributed by atoms with Crippen molar-refractivity contribution in [2.45, 2.75) is 26.2 Å². The first-order chi connectivity index (χ1) is 19.6. The third kappa shape index (κ3) is 6.19. The van der Waals surface area contributed by atoms with Crippen molar-refractivity contribution in [2.24, 2.45) is 10.9 Å². The molecule has 5 aromatic rings. The molecule has 0 aliphatic carbocycles. The number of aliphatic imine (C=N–C) groups is 1. The van der Waals surface area contributed by atoms with Gasteiger partial charge >= 0.3 is 0 Å². The minimum atomic E-state index is 0.692. The van der Waals surface area contributed by atoms with Gasteiger partial charge in [-0.3, -0.25) is 0 Å². The van der Waals surface area contributed by atoms with Gasteiger partial charge in [0, 0.05) is 34.8 Å². The zero-order valence-corrected chi connectivity index (χ0v) is 24.2. The van der Waals surface area contributed by atoms with E-state index < -0.39 is 0 Å². The maximum atomic E-state index is 6.18. The number of nitrogens with zero attached hydrogens (tertiary/aromatic N) is 3. The Morgan fingerprint density at radius 2 is 1.48 bits per heavy atom. The van der Waals surface area contributed by atoms with Gasteiger partial charge in [-0.25, -0.2) is 9.98 Å². The normalized spacial score (nSPS) is 14.4. The number of piperidine rings is 1. The van der Waals surface area contributed by atoms with Gasteiger partial charge in [0.2, 0.25) is 0 Å². The summed E-state index contributed by atoms with van der Waals surface area (Å²) in [6.07, 6.45) is 3.46. The summed E-state index contributed by atoms with van der Waals surface area (Å²) in [7, 11) is 0. The smallest absolute Gasteiger partial charge is 0.146 e. The minimum Gasteiger partial charge on any atom is -0.356 e. The third-order valence-electron chi connectivity index (χ3n) is 7.55. The number of hydrogen-bond acceptors (Lipinski definition) is 3. The summed E-state index contributed by atoms with van der Waals surface area (Å²) in [5.41, 5.74) is 6.86. The van der Waals surface area contributed by atoms with E-state index in [2.05, 4.69) is 90.7 Å². The predicted molar refractivity (Wildman–Crippen MR) is 170 cm³/mol. The fourth-order valence-electron chi connectivity index (χ4n) is 5.30. The number of aryl methyl sites for hydroxylation is 1. The SMILES string of the molecule is Cc1ccc(/C(=N/c2sc(-c3ccc(Cl)cc3)nc2-c2ccccc2)N2CCC(Cc3ccccc3)CC2)cc1. The lowest BCUT2D eigenvalue weighted by atomic mass is 9.90. The highest BCUT2D eigenvalue weighted by Crippen LogP contribution is 2.41. The number of thiazole rings is 1. The molecule has 1 aromatic heterocycles. The van der Waals surface area contributed by atoms with E-state index in [1.807, 2.05) is 30.3 Å². The van der Waals surface area contributed by atoms with E-state index in [1.165, 1.54) is 11.1 Å². The average Bonchev–Trinajstić information content (AvgIpc) is 3.42. The van der Waals surface area contributed by atoms with Crippen LogP contribution in [0.3, 0.4) is 0 Å². The van der Waals surface area contributed by atoms with Gasteiger partial charge in [-0.05, 0) is 49.8 Å². The van der Waals surface area contributed by atoms with Gasteiger partial charge in [0.15, 0.2) is 0 Å². The van der Waals surface area contributed by atoms with Crippen molar-refractivity contribution < 1.29 is 0 Å². The first-order valence-electron chi connectivity index (χ1n) is 13.9. The minimum absolute atomic E-state index is 0.692. The molecular weight excluding hydrogens is 530 g/mol. The molecule has 200 valence electrons. The van der Waals surface area contributed by atoms with Crippen LogP contribution < -0.4 is 0 Å². The molecule has 2 heterocycles. The lowest BCUT2D eigenvalue weighted by Crippen LogP contribution is -2.39. The highest BCUT2D eigenvalue weighted by molar-refractivity contribution is 7.19. The quantitative estimate of drug-likeness (QED) is 0.152. The Morgan fingerprint density at radius 1 is 0.825 bits per heavy atom. The van der Waals surface area contributed by atoms with Crippen molar-refractivity contribution >= 4 is 33.8 Å². The molecule has 1 aliphatic rings. The lowest BCUT2D eigenvalue weighted by Gasteiger charge is -2.34. The summed E-state index contributed by atoms with van der Waals surface area (Å²) in [5.74, 6) is 1.72. The first kappa shape index (κ1) is 26.5. The predicted octanol–water partition coefficient (Wildman–Crippen LogP) is 9.47. The summed E-state index contributed by atoms with van der Waals surface area (Å²) in [5, 5.41) is 2.59. The molecule has 3 nitrogen and oxygen atoms in total. The Morgan fingerprint density at radius 3 is 2.15 bits per heavy atom. The molecule has 1 fully saturated rings. The van der Waals surface area contributed by atoms with Crippen LogP contribution in [-0.4, -0.2) is 28.8 Å². The third-order valence-corrected chi connectivity index (χ3v) is 8.80. The zero-order valence-electron chi connectivity index (χ0n) is 22.6. The van der Waals surface area contributed by atoms with Gasteiger partial charge in [0.1, 0.15) is 21.5 Å². The molecule has 0 bridgehead atoms. The molecule has 1 saturated heterocycles. The van der Waals surface area contributed by atoms with Crippen LogP contribution in [0, 0.1) is 12.8 Å². The van der Waals surface area contributed by atoms with Crippen LogP contribution in [0.5, 0.6) is 0 Å². The molecule has 5 heteroatoms. The molecule has 6 rings (SSSR count). The molecule has 40 heavy (non-hydrogen) atoms. The molecule has 0 atom stereocenters. The summed E-state index contributed by atoms with van der Waals surface area (Å²) in [6, 6.07) is 37.9. The largest absolute Gasteiger partial charge is 0.356 e. The van der Waals surface area contributed by atoms with Crippen molar-refractivity contribution in [1.82, 2.24) is 9.88 Å². The van der Waals surface area contributed by atoms with Crippen LogP contribution in [0.15, 0.2) is 114 Å². The molecule has 0 spiro atoms. The van der Waals surface area contributed by atoms with Gasteiger partial charge in [-0.2, -0.15) is 0 Å². The van der Waals surface area contributed by atoms with E-state index in [0.717, 1.165) is 75.6 Å². The number of hydrogen-bond donors (Lipinski definition) is 0. The second-order valence-corrected chi connectivity index (χ2v) is 11.9. The Balaban J connectivity index is 1.36. The summed E-state index contributed by atoms with van der Waals surface area (Å²) >= 11 is 7.81. The van der Waals surface area contributed by atoms with Gasteiger partial charge in [0.05, 0.1) is 0 Å². The van der Waals surface area contributed by atoms with E-state index in [0.29, 0.717) is 5.92 Å². The highest BCUT2D eigenvalue weighted by atomic mass is 35.5. The van der Waals surface area contributed by atoms with Gasteiger partial charge in [-0.15, -0.1) is 0 Å². The number of aromatic nitrogens is 1. The van der Waals surface area contributed by atoms with Crippen molar-refractivity contribution in [1.29, 1.82) is 0 Å². The van der Waals surface area contributed by atoms with E-state index >= 15 is 0 Å². The first-order valence-corrected chi connectivity index (χ1v) is 15.1. The second kappa shape index (κ2) is 12.2. The number of amidine groups is 1.